The van der Waals surface area contributed by atoms with E-state index in [1.54, 1.807) is 0 Å². The molecular formula is C30H40BrNO2SSi. The van der Waals surface area contributed by atoms with Crippen molar-refractivity contribution in [2.45, 2.75) is 70.2 Å². The predicted molar refractivity (Wildman–Crippen MR) is 161 cm³/mol. The summed E-state index contributed by atoms with van der Waals surface area (Å²) in [5.74, 6) is 0. The van der Waals surface area contributed by atoms with E-state index in [0.29, 0.717) is 6.61 Å². The Morgan fingerprint density at radius 1 is 0.833 bits per heavy atom. The van der Waals surface area contributed by atoms with Crippen LogP contribution in [-0.2, 0) is 21.0 Å². The summed E-state index contributed by atoms with van der Waals surface area (Å²) in [5.41, 5.74) is 0.435. The van der Waals surface area contributed by atoms with E-state index in [1.807, 2.05) is 32.9 Å². The summed E-state index contributed by atoms with van der Waals surface area (Å²) < 4.78 is 25.0. The highest BCUT2D eigenvalue weighted by atomic mass is 79.9. The number of nitrogens with one attached hydrogen (secondary N) is 1. The van der Waals surface area contributed by atoms with Gasteiger partial charge in [0.15, 0.2) is 0 Å². The van der Waals surface area contributed by atoms with E-state index in [9.17, 15) is 4.21 Å². The number of benzene rings is 3. The molecular weight excluding hydrogens is 546 g/mol. The average molecular weight is 587 g/mol. The van der Waals surface area contributed by atoms with Crippen LogP contribution >= 0.6 is 15.9 Å². The van der Waals surface area contributed by atoms with Crippen molar-refractivity contribution in [3.8, 4) is 0 Å². The molecule has 0 radical (unpaired) electrons. The van der Waals surface area contributed by atoms with Crippen LogP contribution in [0, 0.1) is 0 Å². The second kappa shape index (κ2) is 11.4. The molecule has 0 spiro atoms. The van der Waals surface area contributed by atoms with Crippen LogP contribution in [-0.4, -0.2) is 23.9 Å². The lowest BCUT2D eigenvalue weighted by Gasteiger charge is -2.46. The number of rotatable bonds is 9. The van der Waals surface area contributed by atoms with Crippen LogP contribution in [0.3, 0.4) is 0 Å². The van der Waals surface area contributed by atoms with Gasteiger partial charge in [-0.2, -0.15) is 0 Å². The van der Waals surface area contributed by atoms with Gasteiger partial charge in [-0.1, -0.05) is 116 Å². The van der Waals surface area contributed by atoms with Gasteiger partial charge in [-0.05, 0) is 60.3 Å². The van der Waals surface area contributed by atoms with Crippen LogP contribution in [0.4, 0.5) is 0 Å². The Hall–Kier alpha value is -1.57. The standard InChI is InChI=1S/C30H40BrNO2SSi/c1-8-30(32-35(33)28(2,3)4,24-16-15-17-25(31)22-24)23-34-36(29(5,6)7,26-18-11-9-12-19-26)27-20-13-10-14-21-27/h9-22,32H,8,23H2,1-7H3/t30-,35?/m0/s1. The van der Waals surface area contributed by atoms with Gasteiger partial charge < -0.3 is 4.43 Å². The molecule has 0 amide bonds. The van der Waals surface area contributed by atoms with Crippen molar-refractivity contribution >= 4 is 45.6 Å². The van der Waals surface area contributed by atoms with E-state index < -0.39 is 29.6 Å². The van der Waals surface area contributed by atoms with Gasteiger partial charge in [0.05, 0.1) is 27.9 Å². The molecule has 0 aliphatic heterocycles. The zero-order valence-corrected chi connectivity index (χ0v) is 26.0. The Kier molecular flexibility index (Phi) is 9.21. The first kappa shape index (κ1) is 29.0. The molecule has 36 heavy (non-hydrogen) atoms. The minimum absolute atomic E-state index is 0.143. The molecule has 2 atom stereocenters. The van der Waals surface area contributed by atoms with Gasteiger partial charge >= 0.3 is 0 Å². The normalized spacial score (nSPS) is 15.3. The highest BCUT2D eigenvalue weighted by Gasteiger charge is 2.51. The largest absolute Gasteiger partial charge is 0.405 e. The molecule has 0 saturated heterocycles. The molecule has 194 valence electrons. The summed E-state index contributed by atoms with van der Waals surface area (Å²) in [6.45, 7) is 15.4. The average Bonchev–Trinajstić information content (AvgIpc) is 2.83. The molecule has 6 heteroatoms. The SMILES string of the molecule is CC[C@@](CO[Si](c1ccccc1)(c1ccccc1)C(C)(C)C)(NS(=O)C(C)(C)C)c1cccc(Br)c1. The molecule has 1 N–H and O–H groups in total. The van der Waals surface area contributed by atoms with Crippen LogP contribution in [0.5, 0.6) is 0 Å². The van der Waals surface area contributed by atoms with Crippen molar-refractivity contribution in [2.24, 2.45) is 0 Å². The molecule has 0 heterocycles. The molecule has 0 aromatic heterocycles. The molecule has 0 bridgehead atoms. The molecule has 3 nitrogen and oxygen atoms in total. The highest BCUT2D eigenvalue weighted by molar-refractivity contribution is 9.10. The molecule has 0 fully saturated rings. The number of halogens is 1. The van der Waals surface area contributed by atoms with E-state index in [2.05, 4.69) is 121 Å². The highest BCUT2D eigenvalue weighted by Crippen LogP contribution is 2.39. The lowest BCUT2D eigenvalue weighted by Crippen LogP contribution is -2.68. The second-order valence-electron chi connectivity index (χ2n) is 11.4. The van der Waals surface area contributed by atoms with Crippen LogP contribution in [0.2, 0.25) is 5.04 Å². The molecule has 3 aromatic rings. The van der Waals surface area contributed by atoms with Crippen molar-refractivity contribution in [3.05, 3.63) is 95.0 Å². The summed E-state index contributed by atoms with van der Waals surface area (Å²) in [7, 11) is -4.05. The Morgan fingerprint density at radius 3 is 1.78 bits per heavy atom. The summed E-state index contributed by atoms with van der Waals surface area (Å²) in [5, 5.41) is 2.33. The predicted octanol–water partition coefficient (Wildman–Crippen LogP) is 6.68. The van der Waals surface area contributed by atoms with Crippen molar-refractivity contribution in [2.75, 3.05) is 6.61 Å². The van der Waals surface area contributed by atoms with Gasteiger partial charge in [0.1, 0.15) is 0 Å². The topological polar surface area (TPSA) is 38.3 Å². The third-order valence-corrected chi connectivity index (χ3v) is 13.9. The zero-order valence-electron chi connectivity index (χ0n) is 22.6. The molecule has 0 aliphatic carbocycles. The summed E-state index contributed by atoms with van der Waals surface area (Å²) in [6, 6.07) is 29.6. The van der Waals surface area contributed by atoms with Gasteiger partial charge in [-0.3, -0.25) is 0 Å². The molecule has 1 unspecified atom stereocenters. The van der Waals surface area contributed by atoms with E-state index in [4.69, 9.17) is 4.43 Å². The zero-order chi connectivity index (χ0) is 26.6. The van der Waals surface area contributed by atoms with Gasteiger partial charge in [0.25, 0.3) is 8.32 Å². The maximum absolute atomic E-state index is 13.5. The first-order valence-corrected chi connectivity index (χ1v) is 16.4. The molecule has 0 saturated carbocycles. The fraction of sp³-hybridized carbons (Fsp3) is 0.400. The Bertz CT molecular complexity index is 1120. The maximum atomic E-state index is 13.5. The monoisotopic (exact) mass is 585 g/mol. The Balaban J connectivity index is 2.20. The van der Waals surface area contributed by atoms with E-state index in [1.165, 1.54) is 10.4 Å². The third-order valence-electron chi connectivity index (χ3n) is 6.78. The van der Waals surface area contributed by atoms with Crippen molar-refractivity contribution < 1.29 is 8.63 Å². The molecule has 0 aliphatic rings. The first-order chi connectivity index (χ1) is 16.9. The number of hydrogen-bond acceptors (Lipinski definition) is 2. The lowest BCUT2D eigenvalue weighted by atomic mass is 9.89. The smallest absolute Gasteiger partial charge is 0.261 e. The van der Waals surface area contributed by atoms with Crippen molar-refractivity contribution in [1.82, 2.24) is 4.72 Å². The fourth-order valence-corrected chi connectivity index (χ4v) is 10.7. The quantitative estimate of drug-likeness (QED) is 0.284. The maximum Gasteiger partial charge on any atom is 0.261 e. The number of hydrogen-bond donors (Lipinski definition) is 1. The van der Waals surface area contributed by atoms with Gasteiger partial charge in [0, 0.05) is 4.47 Å². The summed E-state index contributed by atoms with van der Waals surface area (Å²) in [4.78, 5) is 0. The first-order valence-electron chi connectivity index (χ1n) is 12.6. The second-order valence-corrected chi connectivity index (χ2v) is 18.6. The summed E-state index contributed by atoms with van der Waals surface area (Å²) in [6.07, 6.45) is 0.726. The van der Waals surface area contributed by atoms with E-state index in [-0.39, 0.29) is 5.04 Å². The van der Waals surface area contributed by atoms with E-state index in [0.717, 1.165) is 16.5 Å². The van der Waals surface area contributed by atoms with Crippen molar-refractivity contribution in [1.29, 1.82) is 0 Å². The van der Waals surface area contributed by atoms with Gasteiger partial charge in [-0.15, -0.1) is 0 Å². The van der Waals surface area contributed by atoms with Crippen LogP contribution < -0.4 is 15.1 Å². The molecule has 3 rings (SSSR count). The van der Waals surface area contributed by atoms with Crippen LogP contribution in [0.1, 0.15) is 60.5 Å². The van der Waals surface area contributed by atoms with Gasteiger partial charge in [-0.25, -0.2) is 8.93 Å². The third kappa shape index (κ3) is 6.11. The molecule has 3 aromatic carbocycles. The van der Waals surface area contributed by atoms with Crippen LogP contribution in [0.15, 0.2) is 89.4 Å². The van der Waals surface area contributed by atoms with Gasteiger partial charge in [0.2, 0.25) is 0 Å². The van der Waals surface area contributed by atoms with E-state index >= 15 is 0 Å². The minimum atomic E-state index is -2.77. The minimum Gasteiger partial charge on any atom is -0.405 e. The van der Waals surface area contributed by atoms with Crippen LogP contribution in [0.25, 0.3) is 0 Å². The fourth-order valence-electron chi connectivity index (χ4n) is 4.66. The Labute approximate surface area is 229 Å². The Morgan fingerprint density at radius 2 is 1.36 bits per heavy atom. The van der Waals surface area contributed by atoms with Crippen molar-refractivity contribution in [3.63, 3.8) is 0 Å². The lowest BCUT2D eigenvalue weighted by molar-refractivity contribution is 0.187. The summed E-state index contributed by atoms with van der Waals surface area (Å²) >= 11 is 3.65.